The van der Waals surface area contributed by atoms with Gasteiger partial charge in [0.1, 0.15) is 5.54 Å². The molecule has 1 aromatic heterocycles. The summed E-state index contributed by atoms with van der Waals surface area (Å²) < 4.78 is 0. The topological polar surface area (TPSA) is 94.3 Å². The van der Waals surface area contributed by atoms with Gasteiger partial charge in [-0.05, 0) is 50.8 Å². The van der Waals surface area contributed by atoms with Crippen LogP contribution in [0.4, 0.5) is 4.79 Å². The van der Waals surface area contributed by atoms with E-state index < -0.39 is 5.54 Å². The number of aromatic amines is 1. The number of hydrogen-bond donors (Lipinski definition) is 3. The Morgan fingerprint density at radius 2 is 1.97 bits per heavy atom. The Hall–Kier alpha value is -2.83. The van der Waals surface area contributed by atoms with Crippen LogP contribution >= 0.6 is 0 Å². The van der Waals surface area contributed by atoms with Crippen LogP contribution in [0.2, 0.25) is 0 Å². The van der Waals surface area contributed by atoms with E-state index in [1.54, 1.807) is 0 Å². The highest BCUT2D eigenvalue weighted by molar-refractivity contribution is 6.07. The molecule has 1 spiro atoms. The van der Waals surface area contributed by atoms with E-state index in [1.165, 1.54) is 4.90 Å². The summed E-state index contributed by atoms with van der Waals surface area (Å²) in [6.45, 7) is 4.78. The van der Waals surface area contributed by atoms with Gasteiger partial charge in [0, 0.05) is 29.7 Å². The van der Waals surface area contributed by atoms with Crippen LogP contribution in [0.5, 0.6) is 0 Å². The molecule has 0 atom stereocenters. The number of aryl methyl sites for hydroxylation is 2. The first-order valence-corrected chi connectivity index (χ1v) is 10.4. The Labute approximate surface area is 170 Å². The standard InChI is InChI=1S/C22H28N4O3/c1-14-6-7-18-17(12-14)16(15(2)24-18)13-19(27)23-10-5-11-26-20(28)22(25-21(26)29)8-3-4-9-22/h6-7,12,24H,3-5,8-11,13H2,1-2H3,(H,23,27)(H,25,29). The smallest absolute Gasteiger partial charge is 0.325 e. The fraction of sp³-hybridized carbons (Fsp3) is 0.500. The third-order valence-corrected chi connectivity index (χ3v) is 6.20. The molecule has 0 radical (unpaired) electrons. The van der Waals surface area contributed by atoms with Crippen LogP contribution in [0.1, 0.15) is 48.9 Å². The molecule has 7 nitrogen and oxygen atoms in total. The number of benzene rings is 1. The number of nitrogens with zero attached hydrogens (tertiary/aromatic N) is 1. The quantitative estimate of drug-likeness (QED) is 0.518. The van der Waals surface area contributed by atoms with Crippen molar-refractivity contribution >= 4 is 28.7 Å². The summed E-state index contributed by atoms with van der Waals surface area (Å²) >= 11 is 0. The number of aromatic nitrogens is 1. The lowest BCUT2D eigenvalue weighted by Crippen LogP contribution is -2.44. The van der Waals surface area contributed by atoms with Crippen LogP contribution in [-0.2, 0) is 16.0 Å². The number of rotatable bonds is 6. The molecule has 2 heterocycles. The summed E-state index contributed by atoms with van der Waals surface area (Å²) in [5.74, 6) is -0.156. The first-order valence-electron chi connectivity index (χ1n) is 10.4. The highest BCUT2D eigenvalue weighted by Gasteiger charge is 2.51. The molecule has 29 heavy (non-hydrogen) atoms. The Bertz CT molecular complexity index is 972. The highest BCUT2D eigenvalue weighted by atomic mass is 16.2. The van der Waals surface area contributed by atoms with Crippen molar-refractivity contribution in [2.75, 3.05) is 13.1 Å². The maximum absolute atomic E-state index is 12.6. The molecule has 4 rings (SSSR count). The highest BCUT2D eigenvalue weighted by Crippen LogP contribution is 2.35. The first-order chi connectivity index (χ1) is 13.9. The van der Waals surface area contributed by atoms with Crippen molar-refractivity contribution < 1.29 is 14.4 Å². The largest absolute Gasteiger partial charge is 0.358 e. The fourth-order valence-electron chi connectivity index (χ4n) is 4.61. The van der Waals surface area contributed by atoms with E-state index in [0.717, 1.165) is 53.4 Å². The number of imide groups is 1. The summed E-state index contributed by atoms with van der Waals surface area (Å²) in [5, 5.41) is 6.88. The van der Waals surface area contributed by atoms with Gasteiger partial charge in [0.2, 0.25) is 5.91 Å². The predicted molar refractivity (Wildman–Crippen MR) is 111 cm³/mol. The molecular formula is C22H28N4O3. The van der Waals surface area contributed by atoms with Crippen molar-refractivity contribution in [3.05, 3.63) is 35.0 Å². The number of carbonyl (C=O) groups excluding carboxylic acids is 3. The molecule has 2 fully saturated rings. The summed E-state index contributed by atoms with van der Waals surface area (Å²) in [5.41, 5.74) is 3.55. The van der Waals surface area contributed by atoms with E-state index in [4.69, 9.17) is 0 Å². The van der Waals surface area contributed by atoms with Gasteiger partial charge in [-0.25, -0.2) is 4.79 Å². The zero-order valence-corrected chi connectivity index (χ0v) is 17.1. The summed E-state index contributed by atoms with van der Waals surface area (Å²) in [4.78, 5) is 41.9. The molecule has 2 aliphatic rings. The Balaban J connectivity index is 1.29. The molecule has 1 aliphatic heterocycles. The molecule has 1 aliphatic carbocycles. The SMILES string of the molecule is Cc1ccc2[nH]c(C)c(CC(=O)NCCCN3C(=O)NC4(CCCC4)C3=O)c2c1. The number of amides is 4. The predicted octanol–water partition coefficient (Wildman–Crippen LogP) is 2.70. The Kier molecular flexibility index (Phi) is 5.06. The third kappa shape index (κ3) is 3.61. The van der Waals surface area contributed by atoms with E-state index in [2.05, 4.69) is 21.7 Å². The lowest BCUT2D eigenvalue weighted by Gasteiger charge is -2.20. The number of hydrogen-bond acceptors (Lipinski definition) is 3. The summed E-state index contributed by atoms with van der Waals surface area (Å²) in [7, 11) is 0. The van der Waals surface area contributed by atoms with E-state index in [9.17, 15) is 14.4 Å². The molecule has 1 aromatic carbocycles. The lowest BCUT2D eigenvalue weighted by molar-refractivity contribution is -0.131. The van der Waals surface area contributed by atoms with Gasteiger partial charge >= 0.3 is 6.03 Å². The van der Waals surface area contributed by atoms with E-state index in [1.807, 2.05) is 26.0 Å². The van der Waals surface area contributed by atoms with Gasteiger partial charge in [-0.2, -0.15) is 0 Å². The molecule has 2 aromatic rings. The second-order valence-corrected chi connectivity index (χ2v) is 8.33. The zero-order valence-electron chi connectivity index (χ0n) is 17.1. The molecule has 7 heteroatoms. The summed E-state index contributed by atoms with van der Waals surface area (Å²) in [6, 6.07) is 5.88. The second kappa shape index (κ2) is 7.54. The van der Waals surface area contributed by atoms with Crippen LogP contribution in [0.15, 0.2) is 18.2 Å². The van der Waals surface area contributed by atoms with Crippen molar-refractivity contribution in [2.45, 2.75) is 57.9 Å². The minimum absolute atomic E-state index is 0.0556. The van der Waals surface area contributed by atoms with Crippen molar-refractivity contribution in [2.24, 2.45) is 0 Å². The third-order valence-electron chi connectivity index (χ3n) is 6.20. The van der Waals surface area contributed by atoms with Crippen molar-refractivity contribution in [1.82, 2.24) is 20.5 Å². The number of fused-ring (bicyclic) bond motifs is 1. The monoisotopic (exact) mass is 396 g/mol. The molecule has 3 N–H and O–H groups in total. The maximum Gasteiger partial charge on any atom is 0.325 e. The number of nitrogens with one attached hydrogen (secondary N) is 3. The first kappa shape index (κ1) is 19.5. The Morgan fingerprint density at radius 3 is 2.72 bits per heavy atom. The number of H-pyrrole nitrogens is 1. The molecule has 0 unspecified atom stereocenters. The van der Waals surface area contributed by atoms with Gasteiger partial charge in [0.25, 0.3) is 5.91 Å². The van der Waals surface area contributed by atoms with Crippen molar-refractivity contribution in [1.29, 1.82) is 0 Å². The minimum Gasteiger partial charge on any atom is -0.358 e. The van der Waals surface area contributed by atoms with Gasteiger partial charge in [-0.1, -0.05) is 24.5 Å². The molecular weight excluding hydrogens is 368 g/mol. The van der Waals surface area contributed by atoms with Crippen LogP contribution in [0.25, 0.3) is 10.9 Å². The number of carbonyl (C=O) groups is 3. The van der Waals surface area contributed by atoms with Crippen molar-refractivity contribution in [3.63, 3.8) is 0 Å². The molecule has 0 bridgehead atoms. The lowest BCUT2D eigenvalue weighted by atomic mass is 9.98. The van der Waals surface area contributed by atoms with Gasteiger partial charge in [0.05, 0.1) is 6.42 Å². The van der Waals surface area contributed by atoms with E-state index in [0.29, 0.717) is 25.9 Å². The average Bonchev–Trinajstić information content (AvgIpc) is 3.33. The normalized spacial score (nSPS) is 18.1. The molecule has 1 saturated carbocycles. The minimum atomic E-state index is -0.661. The second-order valence-electron chi connectivity index (χ2n) is 8.33. The maximum atomic E-state index is 12.6. The van der Waals surface area contributed by atoms with Gasteiger partial charge in [-0.3, -0.25) is 14.5 Å². The van der Waals surface area contributed by atoms with Gasteiger partial charge in [0.15, 0.2) is 0 Å². The zero-order chi connectivity index (χ0) is 20.6. The van der Waals surface area contributed by atoms with E-state index in [-0.39, 0.29) is 17.8 Å². The fourth-order valence-corrected chi connectivity index (χ4v) is 4.61. The van der Waals surface area contributed by atoms with Crippen molar-refractivity contribution in [3.8, 4) is 0 Å². The number of urea groups is 1. The van der Waals surface area contributed by atoms with Gasteiger partial charge < -0.3 is 15.6 Å². The summed E-state index contributed by atoms with van der Waals surface area (Å²) in [6.07, 6.45) is 4.27. The van der Waals surface area contributed by atoms with Crippen LogP contribution in [-0.4, -0.2) is 46.4 Å². The molecule has 4 amide bonds. The van der Waals surface area contributed by atoms with Gasteiger partial charge in [-0.15, -0.1) is 0 Å². The average molecular weight is 396 g/mol. The molecule has 1 saturated heterocycles. The van der Waals surface area contributed by atoms with Crippen LogP contribution in [0.3, 0.4) is 0 Å². The van der Waals surface area contributed by atoms with E-state index >= 15 is 0 Å². The van der Waals surface area contributed by atoms with Crippen LogP contribution < -0.4 is 10.6 Å². The Morgan fingerprint density at radius 1 is 1.21 bits per heavy atom. The van der Waals surface area contributed by atoms with Crippen LogP contribution in [0, 0.1) is 13.8 Å². The molecule has 154 valence electrons.